The molecule has 1 atom stereocenters. The first-order valence-electron chi connectivity index (χ1n) is 5.13. The lowest BCUT2D eigenvalue weighted by Crippen LogP contribution is -2.44. The first kappa shape index (κ1) is 9.00. The van der Waals surface area contributed by atoms with Crippen molar-refractivity contribution < 1.29 is 14.6 Å². The molecule has 1 aliphatic heterocycles. The van der Waals surface area contributed by atoms with Crippen molar-refractivity contribution >= 4 is 5.97 Å². The van der Waals surface area contributed by atoms with E-state index in [0.717, 1.165) is 19.3 Å². The number of hydrogen-bond donors (Lipinski definition) is 1. The van der Waals surface area contributed by atoms with Gasteiger partial charge in [0.15, 0.2) is 5.60 Å². The van der Waals surface area contributed by atoms with Gasteiger partial charge in [0, 0.05) is 6.61 Å². The number of rotatable bonds is 2. The molecular weight excluding hydrogens is 168 g/mol. The average molecular weight is 184 g/mol. The zero-order valence-electron chi connectivity index (χ0n) is 7.79. The van der Waals surface area contributed by atoms with Crippen LogP contribution in [0.25, 0.3) is 0 Å². The van der Waals surface area contributed by atoms with E-state index in [9.17, 15) is 9.90 Å². The van der Waals surface area contributed by atoms with E-state index in [1.54, 1.807) is 0 Å². The van der Waals surface area contributed by atoms with Crippen LogP contribution in [0.4, 0.5) is 0 Å². The number of carbonyl (C=O) groups is 1. The van der Waals surface area contributed by atoms with Crippen molar-refractivity contribution in [1.29, 1.82) is 0 Å². The van der Waals surface area contributed by atoms with Crippen LogP contribution < -0.4 is 0 Å². The highest BCUT2D eigenvalue weighted by atomic mass is 16.5. The SMILES string of the molecule is O=C(O)C1(C2CCCC2)CCCO1. The van der Waals surface area contributed by atoms with Crippen molar-refractivity contribution in [1.82, 2.24) is 0 Å². The largest absolute Gasteiger partial charge is 0.479 e. The maximum absolute atomic E-state index is 11.2. The summed E-state index contributed by atoms with van der Waals surface area (Å²) >= 11 is 0. The molecule has 1 heterocycles. The Morgan fingerprint density at radius 2 is 2.00 bits per heavy atom. The molecule has 0 spiro atoms. The monoisotopic (exact) mass is 184 g/mol. The van der Waals surface area contributed by atoms with Gasteiger partial charge in [0.1, 0.15) is 0 Å². The van der Waals surface area contributed by atoms with Crippen LogP contribution in [-0.2, 0) is 9.53 Å². The van der Waals surface area contributed by atoms with Gasteiger partial charge in [-0.1, -0.05) is 12.8 Å². The van der Waals surface area contributed by atoms with Gasteiger partial charge in [-0.25, -0.2) is 4.79 Å². The Morgan fingerprint density at radius 3 is 2.46 bits per heavy atom. The summed E-state index contributed by atoms with van der Waals surface area (Å²) in [6.45, 7) is 0.628. The number of carboxylic acids is 1. The maximum atomic E-state index is 11.2. The van der Waals surface area contributed by atoms with Crippen LogP contribution in [-0.4, -0.2) is 23.3 Å². The lowest BCUT2D eigenvalue weighted by atomic mass is 9.84. The summed E-state index contributed by atoms with van der Waals surface area (Å²) in [6, 6.07) is 0. The molecule has 2 rings (SSSR count). The lowest BCUT2D eigenvalue weighted by Gasteiger charge is -2.29. The fourth-order valence-corrected chi connectivity index (χ4v) is 2.72. The molecule has 0 aromatic rings. The van der Waals surface area contributed by atoms with Crippen molar-refractivity contribution in [3.63, 3.8) is 0 Å². The van der Waals surface area contributed by atoms with E-state index in [0.29, 0.717) is 13.0 Å². The lowest BCUT2D eigenvalue weighted by molar-refractivity contribution is -0.166. The molecule has 2 fully saturated rings. The summed E-state index contributed by atoms with van der Waals surface area (Å²) in [5, 5.41) is 9.20. The molecule has 0 radical (unpaired) electrons. The second-order valence-corrected chi connectivity index (χ2v) is 4.13. The molecule has 13 heavy (non-hydrogen) atoms. The Kier molecular flexibility index (Phi) is 2.28. The summed E-state index contributed by atoms with van der Waals surface area (Å²) in [4.78, 5) is 11.2. The van der Waals surface area contributed by atoms with Crippen molar-refractivity contribution in [2.75, 3.05) is 6.61 Å². The van der Waals surface area contributed by atoms with E-state index in [1.165, 1.54) is 12.8 Å². The summed E-state index contributed by atoms with van der Waals surface area (Å²) in [7, 11) is 0. The van der Waals surface area contributed by atoms with Crippen LogP contribution in [0.2, 0.25) is 0 Å². The Bertz CT molecular complexity index is 200. The molecule has 3 nitrogen and oxygen atoms in total. The smallest absolute Gasteiger partial charge is 0.336 e. The van der Waals surface area contributed by atoms with E-state index in [1.807, 2.05) is 0 Å². The minimum absolute atomic E-state index is 0.271. The third kappa shape index (κ3) is 1.35. The molecular formula is C10H16O3. The van der Waals surface area contributed by atoms with Crippen molar-refractivity contribution in [2.24, 2.45) is 5.92 Å². The van der Waals surface area contributed by atoms with Crippen molar-refractivity contribution in [2.45, 2.75) is 44.1 Å². The van der Waals surface area contributed by atoms with Crippen LogP contribution in [0.3, 0.4) is 0 Å². The second kappa shape index (κ2) is 3.29. The standard InChI is InChI=1S/C10H16O3/c11-9(12)10(6-3-7-13-10)8-4-1-2-5-8/h8H,1-7H2,(H,11,12). The Morgan fingerprint density at radius 1 is 1.31 bits per heavy atom. The van der Waals surface area contributed by atoms with Crippen LogP contribution >= 0.6 is 0 Å². The quantitative estimate of drug-likeness (QED) is 0.712. The highest BCUT2D eigenvalue weighted by Gasteiger charge is 2.49. The molecule has 74 valence electrons. The molecule has 0 aromatic heterocycles. The normalized spacial score (nSPS) is 35.4. The number of hydrogen-bond acceptors (Lipinski definition) is 2. The molecule has 3 heteroatoms. The van der Waals surface area contributed by atoms with Gasteiger partial charge in [-0.15, -0.1) is 0 Å². The number of ether oxygens (including phenoxy) is 1. The van der Waals surface area contributed by atoms with E-state index in [4.69, 9.17) is 4.74 Å². The van der Waals surface area contributed by atoms with Crippen molar-refractivity contribution in [3.8, 4) is 0 Å². The van der Waals surface area contributed by atoms with Gasteiger partial charge in [0.25, 0.3) is 0 Å². The molecule has 1 saturated heterocycles. The predicted molar refractivity (Wildman–Crippen MR) is 47.5 cm³/mol. The molecule has 0 bridgehead atoms. The summed E-state index contributed by atoms with van der Waals surface area (Å²) in [5.74, 6) is -0.468. The molecule has 0 aromatic carbocycles. The highest BCUT2D eigenvalue weighted by Crippen LogP contribution is 2.42. The summed E-state index contributed by atoms with van der Waals surface area (Å²) in [5.41, 5.74) is -0.809. The summed E-state index contributed by atoms with van der Waals surface area (Å²) < 4.78 is 5.49. The van der Waals surface area contributed by atoms with Crippen molar-refractivity contribution in [3.05, 3.63) is 0 Å². The average Bonchev–Trinajstić information content (AvgIpc) is 2.75. The second-order valence-electron chi connectivity index (χ2n) is 4.13. The Labute approximate surface area is 78.1 Å². The number of aliphatic carboxylic acids is 1. The van der Waals surface area contributed by atoms with Crippen LogP contribution in [0, 0.1) is 5.92 Å². The predicted octanol–water partition coefficient (Wildman–Crippen LogP) is 1.81. The van der Waals surface area contributed by atoms with Gasteiger partial charge in [0.2, 0.25) is 0 Å². The number of carboxylic acid groups (broad SMARTS) is 1. The van der Waals surface area contributed by atoms with E-state index in [2.05, 4.69) is 0 Å². The van der Waals surface area contributed by atoms with Crippen LogP contribution in [0.1, 0.15) is 38.5 Å². The zero-order chi connectivity index (χ0) is 9.31. The summed E-state index contributed by atoms with van der Waals surface area (Å²) in [6.07, 6.45) is 6.03. The molecule has 1 saturated carbocycles. The molecule has 1 aliphatic carbocycles. The topological polar surface area (TPSA) is 46.5 Å². The maximum Gasteiger partial charge on any atom is 0.336 e. The van der Waals surface area contributed by atoms with E-state index in [-0.39, 0.29) is 5.92 Å². The van der Waals surface area contributed by atoms with Gasteiger partial charge < -0.3 is 9.84 Å². The minimum atomic E-state index is -0.809. The Hall–Kier alpha value is -0.570. The van der Waals surface area contributed by atoms with E-state index < -0.39 is 11.6 Å². The van der Waals surface area contributed by atoms with Crippen LogP contribution in [0.15, 0.2) is 0 Å². The van der Waals surface area contributed by atoms with Gasteiger partial charge in [-0.3, -0.25) is 0 Å². The highest BCUT2D eigenvalue weighted by molar-refractivity contribution is 5.78. The first-order chi connectivity index (χ1) is 6.26. The molecule has 2 aliphatic rings. The first-order valence-corrected chi connectivity index (χ1v) is 5.13. The molecule has 1 N–H and O–H groups in total. The zero-order valence-corrected chi connectivity index (χ0v) is 7.79. The van der Waals surface area contributed by atoms with E-state index >= 15 is 0 Å². The van der Waals surface area contributed by atoms with Gasteiger partial charge in [-0.05, 0) is 31.6 Å². The third-order valence-electron chi connectivity index (χ3n) is 3.43. The Balaban J connectivity index is 2.16. The molecule has 0 amide bonds. The minimum Gasteiger partial charge on any atom is -0.479 e. The van der Waals surface area contributed by atoms with Gasteiger partial charge in [0.05, 0.1) is 0 Å². The third-order valence-corrected chi connectivity index (χ3v) is 3.43. The molecule has 1 unspecified atom stereocenters. The van der Waals surface area contributed by atoms with Crippen LogP contribution in [0.5, 0.6) is 0 Å². The fourth-order valence-electron chi connectivity index (χ4n) is 2.72. The fraction of sp³-hybridized carbons (Fsp3) is 0.900. The van der Waals surface area contributed by atoms with Gasteiger partial charge >= 0.3 is 5.97 Å². The van der Waals surface area contributed by atoms with Gasteiger partial charge in [-0.2, -0.15) is 0 Å².